The van der Waals surface area contributed by atoms with Gasteiger partial charge in [-0.2, -0.15) is 5.10 Å². The summed E-state index contributed by atoms with van der Waals surface area (Å²) in [6.45, 7) is 1.98. The van der Waals surface area contributed by atoms with Gasteiger partial charge in [0.2, 0.25) is 11.8 Å². The third-order valence-corrected chi connectivity index (χ3v) is 4.18. The van der Waals surface area contributed by atoms with E-state index in [1.54, 1.807) is 0 Å². The van der Waals surface area contributed by atoms with Crippen molar-refractivity contribution in [3.8, 4) is 0 Å². The van der Waals surface area contributed by atoms with Crippen molar-refractivity contribution in [2.75, 3.05) is 5.32 Å². The van der Waals surface area contributed by atoms with Crippen LogP contribution in [0, 0.1) is 3.57 Å². The van der Waals surface area contributed by atoms with E-state index in [4.69, 9.17) is 0 Å². The highest BCUT2D eigenvalue weighted by Gasteiger charge is 2.08. The van der Waals surface area contributed by atoms with Crippen molar-refractivity contribution in [3.05, 3.63) is 63.7 Å². The smallest absolute Gasteiger partial charge is 0.240 e. The molecule has 130 valence electrons. The molecule has 5 nitrogen and oxygen atoms in total. The highest BCUT2D eigenvalue weighted by Crippen LogP contribution is 2.11. The van der Waals surface area contributed by atoms with Crippen LogP contribution < -0.4 is 10.7 Å². The van der Waals surface area contributed by atoms with Crippen LogP contribution in [-0.2, 0) is 9.59 Å². The van der Waals surface area contributed by atoms with Crippen LogP contribution in [0.2, 0.25) is 0 Å². The van der Waals surface area contributed by atoms with Crippen LogP contribution in [0.4, 0.5) is 5.69 Å². The Morgan fingerprint density at radius 3 is 2.24 bits per heavy atom. The van der Waals surface area contributed by atoms with E-state index in [1.165, 1.54) is 0 Å². The van der Waals surface area contributed by atoms with E-state index in [0.29, 0.717) is 6.42 Å². The maximum absolute atomic E-state index is 11.9. The standard InChI is InChI=1S/C19H20IN3O2/c1-2-17(14-6-4-3-5-7-14)22-23-19(25)13-12-18(24)21-16-10-8-15(20)9-11-16/h3-11H,2,12-13H2,1H3,(H,21,24)(H,23,25). The Labute approximate surface area is 161 Å². The molecule has 0 atom stereocenters. The monoisotopic (exact) mass is 449 g/mol. The zero-order valence-corrected chi connectivity index (χ0v) is 16.1. The van der Waals surface area contributed by atoms with E-state index in [1.807, 2.05) is 61.5 Å². The van der Waals surface area contributed by atoms with Crippen molar-refractivity contribution < 1.29 is 9.59 Å². The van der Waals surface area contributed by atoms with Crippen LogP contribution in [0.5, 0.6) is 0 Å². The van der Waals surface area contributed by atoms with Crippen LogP contribution in [0.15, 0.2) is 59.7 Å². The molecule has 2 N–H and O–H groups in total. The molecule has 2 amide bonds. The number of benzene rings is 2. The average molecular weight is 449 g/mol. The number of carbonyl (C=O) groups is 2. The average Bonchev–Trinajstić information content (AvgIpc) is 2.63. The van der Waals surface area contributed by atoms with Crippen LogP contribution in [0.3, 0.4) is 0 Å². The van der Waals surface area contributed by atoms with E-state index >= 15 is 0 Å². The van der Waals surface area contributed by atoms with Gasteiger partial charge in [0.25, 0.3) is 0 Å². The lowest BCUT2D eigenvalue weighted by atomic mass is 10.1. The fourth-order valence-electron chi connectivity index (χ4n) is 2.15. The molecule has 0 aromatic heterocycles. The second-order valence-corrected chi connectivity index (χ2v) is 6.61. The predicted molar refractivity (Wildman–Crippen MR) is 108 cm³/mol. The number of carbonyl (C=O) groups excluding carboxylic acids is 2. The number of hydrogen-bond acceptors (Lipinski definition) is 3. The van der Waals surface area contributed by atoms with Gasteiger partial charge in [-0.25, -0.2) is 5.43 Å². The molecule has 25 heavy (non-hydrogen) atoms. The molecule has 0 fully saturated rings. The van der Waals surface area contributed by atoms with Gasteiger partial charge in [0.15, 0.2) is 0 Å². The molecule has 2 rings (SSSR count). The highest BCUT2D eigenvalue weighted by atomic mass is 127. The number of hydrogen-bond donors (Lipinski definition) is 2. The Hall–Kier alpha value is -2.22. The number of amides is 2. The van der Waals surface area contributed by atoms with Gasteiger partial charge >= 0.3 is 0 Å². The van der Waals surface area contributed by atoms with E-state index in [9.17, 15) is 9.59 Å². The molecular weight excluding hydrogens is 429 g/mol. The van der Waals surface area contributed by atoms with Gasteiger partial charge in [-0.1, -0.05) is 37.3 Å². The molecule has 0 unspecified atom stereocenters. The maximum Gasteiger partial charge on any atom is 0.240 e. The minimum Gasteiger partial charge on any atom is -0.326 e. The third kappa shape index (κ3) is 6.66. The van der Waals surface area contributed by atoms with E-state index in [2.05, 4.69) is 38.4 Å². The van der Waals surface area contributed by atoms with Crippen LogP contribution in [0.1, 0.15) is 31.7 Å². The summed E-state index contributed by atoms with van der Waals surface area (Å²) >= 11 is 2.20. The van der Waals surface area contributed by atoms with Gasteiger partial charge in [-0.05, 0) is 58.8 Å². The second-order valence-electron chi connectivity index (χ2n) is 5.37. The van der Waals surface area contributed by atoms with Gasteiger partial charge < -0.3 is 5.32 Å². The topological polar surface area (TPSA) is 70.6 Å². The lowest BCUT2D eigenvalue weighted by Crippen LogP contribution is -2.22. The molecule has 0 aliphatic rings. The molecule has 2 aromatic rings. The molecule has 2 aromatic carbocycles. The summed E-state index contributed by atoms with van der Waals surface area (Å²) < 4.78 is 1.10. The Morgan fingerprint density at radius 2 is 1.60 bits per heavy atom. The van der Waals surface area contributed by atoms with Crippen LogP contribution in [-0.4, -0.2) is 17.5 Å². The number of halogens is 1. The summed E-state index contributed by atoms with van der Waals surface area (Å²) in [5.74, 6) is -0.473. The number of rotatable bonds is 7. The molecule has 0 aliphatic carbocycles. The highest BCUT2D eigenvalue weighted by molar-refractivity contribution is 14.1. The Kier molecular flexibility index (Phi) is 7.59. The van der Waals surface area contributed by atoms with Gasteiger partial charge in [0.1, 0.15) is 0 Å². The second kappa shape index (κ2) is 9.93. The zero-order chi connectivity index (χ0) is 18.1. The summed E-state index contributed by atoms with van der Waals surface area (Å²) in [5.41, 5.74) is 5.03. The molecular formula is C19H20IN3O2. The van der Waals surface area contributed by atoms with Gasteiger partial charge in [0.05, 0.1) is 5.71 Å². The van der Waals surface area contributed by atoms with Crippen molar-refractivity contribution >= 4 is 45.8 Å². The molecule has 0 heterocycles. The number of nitrogens with one attached hydrogen (secondary N) is 2. The molecule has 6 heteroatoms. The van der Waals surface area contributed by atoms with Gasteiger partial charge in [-0.3, -0.25) is 9.59 Å². The van der Waals surface area contributed by atoms with E-state index in [-0.39, 0.29) is 24.7 Å². The normalized spacial score (nSPS) is 11.0. The summed E-state index contributed by atoms with van der Waals surface area (Å²) in [6, 6.07) is 17.2. The fraction of sp³-hybridized carbons (Fsp3) is 0.211. The number of hydrazone groups is 1. The first-order valence-electron chi connectivity index (χ1n) is 8.04. The Balaban J connectivity index is 1.80. The van der Waals surface area contributed by atoms with Crippen molar-refractivity contribution in [2.45, 2.75) is 26.2 Å². The van der Waals surface area contributed by atoms with Gasteiger partial charge in [-0.15, -0.1) is 0 Å². The Bertz CT molecular complexity index is 743. The van der Waals surface area contributed by atoms with E-state index in [0.717, 1.165) is 20.5 Å². The molecule has 0 spiro atoms. The fourth-order valence-corrected chi connectivity index (χ4v) is 2.51. The maximum atomic E-state index is 11.9. The quantitative estimate of drug-likeness (QED) is 0.382. The Morgan fingerprint density at radius 1 is 0.960 bits per heavy atom. The van der Waals surface area contributed by atoms with Crippen LogP contribution >= 0.6 is 22.6 Å². The first-order chi connectivity index (χ1) is 12.1. The lowest BCUT2D eigenvalue weighted by Gasteiger charge is -2.06. The first kappa shape index (κ1) is 19.1. The SMILES string of the molecule is CCC(=NNC(=O)CCC(=O)Nc1ccc(I)cc1)c1ccccc1. The van der Waals surface area contributed by atoms with E-state index < -0.39 is 0 Å². The predicted octanol–water partition coefficient (Wildman–Crippen LogP) is 3.94. The summed E-state index contributed by atoms with van der Waals surface area (Å²) in [6.07, 6.45) is 0.906. The molecule has 0 saturated heterocycles. The number of anilines is 1. The number of nitrogens with zero attached hydrogens (tertiary/aromatic N) is 1. The molecule has 0 aliphatic heterocycles. The molecule has 0 bridgehead atoms. The van der Waals surface area contributed by atoms with Gasteiger partial charge in [0, 0.05) is 22.1 Å². The minimum absolute atomic E-state index is 0.0888. The summed E-state index contributed by atoms with van der Waals surface area (Å²) in [7, 11) is 0. The van der Waals surface area contributed by atoms with Crippen LogP contribution in [0.25, 0.3) is 0 Å². The molecule has 0 radical (unpaired) electrons. The first-order valence-corrected chi connectivity index (χ1v) is 9.12. The summed E-state index contributed by atoms with van der Waals surface area (Å²) in [4.78, 5) is 23.8. The largest absolute Gasteiger partial charge is 0.326 e. The van der Waals surface area contributed by atoms with Crippen molar-refractivity contribution in [1.82, 2.24) is 5.43 Å². The van der Waals surface area contributed by atoms with Crippen molar-refractivity contribution in [2.24, 2.45) is 5.10 Å². The molecule has 0 saturated carbocycles. The zero-order valence-electron chi connectivity index (χ0n) is 14.0. The van der Waals surface area contributed by atoms with Crippen molar-refractivity contribution in [1.29, 1.82) is 0 Å². The van der Waals surface area contributed by atoms with Crippen molar-refractivity contribution in [3.63, 3.8) is 0 Å². The third-order valence-electron chi connectivity index (χ3n) is 3.46. The minimum atomic E-state index is -0.278. The lowest BCUT2D eigenvalue weighted by molar-refractivity contribution is -0.124. The summed E-state index contributed by atoms with van der Waals surface area (Å²) in [5, 5.41) is 6.94.